The predicted octanol–water partition coefficient (Wildman–Crippen LogP) is 2.37. The van der Waals surface area contributed by atoms with Crippen molar-refractivity contribution in [2.45, 2.75) is 20.0 Å². The number of aromatic nitrogens is 1. The highest BCUT2D eigenvalue weighted by Gasteiger charge is 2.23. The third-order valence-corrected chi connectivity index (χ3v) is 3.09. The second-order valence-electron chi connectivity index (χ2n) is 4.36. The zero-order valence-corrected chi connectivity index (χ0v) is 10.6. The number of nitrogens with zero attached hydrogens (tertiary/aromatic N) is 2. The van der Waals surface area contributed by atoms with E-state index in [0.29, 0.717) is 12.6 Å². The number of carbonyl (C=O) groups excluding carboxylic acids is 1. The quantitative estimate of drug-likeness (QED) is 0.791. The number of hydrogen-bond donors (Lipinski definition) is 0. The van der Waals surface area contributed by atoms with Gasteiger partial charge in [0.05, 0.1) is 6.61 Å². The molecule has 1 aromatic heterocycles. The highest BCUT2D eigenvalue weighted by atomic mass is 16.5. The molecule has 0 bridgehead atoms. The number of hydrogen-bond acceptors (Lipinski definition) is 5. The summed E-state index contributed by atoms with van der Waals surface area (Å²) in [5, 5.41) is 0. The Balaban J connectivity index is 1.77. The van der Waals surface area contributed by atoms with Gasteiger partial charge in [0.25, 0.3) is 6.01 Å². The van der Waals surface area contributed by atoms with Gasteiger partial charge in [-0.25, -0.2) is 4.79 Å². The van der Waals surface area contributed by atoms with Crippen LogP contribution in [0.15, 0.2) is 34.9 Å². The Morgan fingerprint density at radius 3 is 2.68 bits per heavy atom. The Morgan fingerprint density at radius 1 is 1.37 bits per heavy atom. The normalized spacial score (nSPS) is 13.4. The first-order valence-electron chi connectivity index (χ1n) is 6.22. The fraction of sp³-hybridized carbons (Fsp3) is 0.286. The van der Waals surface area contributed by atoms with Crippen LogP contribution in [0.2, 0.25) is 0 Å². The Hall–Kier alpha value is -2.30. The summed E-state index contributed by atoms with van der Waals surface area (Å²) < 4.78 is 10.2. The van der Waals surface area contributed by atoms with Gasteiger partial charge in [-0.2, -0.15) is 4.98 Å². The Labute approximate surface area is 110 Å². The average Bonchev–Trinajstić information content (AvgIpc) is 3.05. The number of carbonyl (C=O) groups is 1. The molecule has 0 saturated carbocycles. The summed E-state index contributed by atoms with van der Waals surface area (Å²) in [4.78, 5) is 17.7. The second kappa shape index (κ2) is 4.76. The summed E-state index contributed by atoms with van der Waals surface area (Å²) in [5.74, 6) is -0.450. The molecule has 1 aromatic carbocycles. The van der Waals surface area contributed by atoms with Crippen molar-refractivity contribution >= 4 is 12.0 Å². The van der Waals surface area contributed by atoms with Crippen LogP contribution in [0.4, 0.5) is 6.01 Å². The fourth-order valence-corrected chi connectivity index (χ4v) is 2.18. The molecular weight excluding hydrogens is 244 g/mol. The molecule has 0 fully saturated rings. The van der Waals surface area contributed by atoms with E-state index in [1.807, 2.05) is 17.0 Å². The molecule has 2 aromatic rings. The summed E-state index contributed by atoms with van der Waals surface area (Å²) in [7, 11) is 0. The Bertz CT molecular complexity index is 581. The highest BCUT2D eigenvalue weighted by Crippen LogP contribution is 2.27. The maximum atomic E-state index is 11.5. The summed E-state index contributed by atoms with van der Waals surface area (Å²) in [6.07, 6.45) is 1.34. The number of benzene rings is 1. The first kappa shape index (κ1) is 11.8. The Kier molecular flexibility index (Phi) is 2.95. The number of anilines is 1. The monoisotopic (exact) mass is 258 g/mol. The van der Waals surface area contributed by atoms with Crippen LogP contribution in [-0.2, 0) is 17.8 Å². The lowest BCUT2D eigenvalue weighted by molar-refractivity contribution is 0.0519. The molecule has 5 heteroatoms. The SMILES string of the molecule is CCOC(=O)c1coc(N2Cc3ccccc3C2)n1. The van der Waals surface area contributed by atoms with Gasteiger partial charge < -0.3 is 14.1 Å². The van der Waals surface area contributed by atoms with E-state index in [1.165, 1.54) is 17.4 Å². The van der Waals surface area contributed by atoms with E-state index in [-0.39, 0.29) is 5.69 Å². The van der Waals surface area contributed by atoms with Crippen molar-refractivity contribution in [3.63, 3.8) is 0 Å². The van der Waals surface area contributed by atoms with Crippen LogP contribution in [0, 0.1) is 0 Å². The molecule has 0 amide bonds. The molecule has 0 N–H and O–H groups in total. The molecule has 2 heterocycles. The molecule has 3 rings (SSSR count). The lowest BCUT2D eigenvalue weighted by Crippen LogP contribution is -2.15. The topological polar surface area (TPSA) is 55.6 Å². The maximum Gasteiger partial charge on any atom is 0.360 e. The molecule has 19 heavy (non-hydrogen) atoms. The van der Waals surface area contributed by atoms with Gasteiger partial charge in [0.15, 0.2) is 5.69 Å². The minimum atomic E-state index is -0.450. The second-order valence-corrected chi connectivity index (χ2v) is 4.36. The van der Waals surface area contributed by atoms with Crippen molar-refractivity contribution in [3.8, 4) is 0 Å². The molecule has 0 aliphatic carbocycles. The van der Waals surface area contributed by atoms with Gasteiger partial charge >= 0.3 is 5.97 Å². The van der Waals surface area contributed by atoms with Crippen LogP contribution < -0.4 is 4.90 Å². The summed E-state index contributed by atoms with van der Waals surface area (Å²) in [6.45, 7) is 3.59. The average molecular weight is 258 g/mol. The van der Waals surface area contributed by atoms with E-state index in [0.717, 1.165) is 13.1 Å². The molecule has 1 aliphatic rings. The first-order valence-corrected chi connectivity index (χ1v) is 6.22. The number of oxazole rings is 1. The maximum absolute atomic E-state index is 11.5. The van der Waals surface area contributed by atoms with E-state index >= 15 is 0 Å². The molecular formula is C14H14N2O3. The van der Waals surface area contributed by atoms with Gasteiger partial charge in [-0.05, 0) is 18.1 Å². The van der Waals surface area contributed by atoms with Gasteiger partial charge in [-0.3, -0.25) is 0 Å². The van der Waals surface area contributed by atoms with Crippen LogP contribution >= 0.6 is 0 Å². The fourth-order valence-electron chi connectivity index (χ4n) is 2.18. The smallest absolute Gasteiger partial charge is 0.360 e. The minimum Gasteiger partial charge on any atom is -0.461 e. The van der Waals surface area contributed by atoms with Gasteiger partial charge in [-0.15, -0.1) is 0 Å². The third-order valence-electron chi connectivity index (χ3n) is 3.09. The molecule has 5 nitrogen and oxygen atoms in total. The molecule has 0 atom stereocenters. The standard InChI is InChI=1S/C14H14N2O3/c1-2-18-13(17)12-9-19-14(15-12)16-7-10-5-3-4-6-11(10)8-16/h3-6,9H,2,7-8H2,1H3. The lowest BCUT2D eigenvalue weighted by Gasteiger charge is -2.10. The number of rotatable bonds is 3. The van der Waals surface area contributed by atoms with Crippen molar-refractivity contribution < 1.29 is 13.9 Å². The van der Waals surface area contributed by atoms with Crippen molar-refractivity contribution in [2.75, 3.05) is 11.5 Å². The van der Waals surface area contributed by atoms with Crippen molar-refractivity contribution in [3.05, 3.63) is 47.3 Å². The summed E-state index contributed by atoms with van der Waals surface area (Å²) in [6, 6.07) is 8.66. The van der Waals surface area contributed by atoms with Gasteiger partial charge in [0, 0.05) is 13.1 Å². The first-order chi connectivity index (χ1) is 9.28. The van der Waals surface area contributed by atoms with E-state index in [9.17, 15) is 4.79 Å². The highest BCUT2D eigenvalue weighted by molar-refractivity contribution is 5.87. The van der Waals surface area contributed by atoms with Crippen LogP contribution in [0.5, 0.6) is 0 Å². The van der Waals surface area contributed by atoms with Crippen LogP contribution in [-0.4, -0.2) is 17.6 Å². The zero-order chi connectivity index (χ0) is 13.2. The number of ether oxygens (including phenoxy) is 1. The minimum absolute atomic E-state index is 0.216. The van der Waals surface area contributed by atoms with Crippen LogP contribution in [0.25, 0.3) is 0 Å². The van der Waals surface area contributed by atoms with E-state index in [2.05, 4.69) is 17.1 Å². The number of esters is 1. The zero-order valence-electron chi connectivity index (χ0n) is 10.6. The molecule has 0 radical (unpaired) electrons. The van der Waals surface area contributed by atoms with Crippen molar-refractivity contribution in [1.29, 1.82) is 0 Å². The molecule has 0 spiro atoms. The van der Waals surface area contributed by atoms with E-state index in [4.69, 9.17) is 9.15 Å². The predicted molar refractivity (Wildman–Crippen MR) is 68.8 cm³/mol. The molecule has 0 unspecified atom stereocenters. The largest absolute Gasteiger partial charge is 0.461 e. The Morgan fingerprint density at radius 2 is 2.05 bits per heavy atom. The van der Waals surface area contributed by atoms with Gasteiger partial charge in [0.1, 0.15) is 6.26 Å². The summed E-state index contributed by atoms with van der Waals surface area (Å²) in [5.41, 5.74) is 2.74. The molecule has 1 aliphatic heterocycles. The van der Waals surface area contributed by atoms with E-state index < -0.39 is 5.97 Å². The molecule has 0 saturated heterocycles. The molecule has 98 valence electrons. The van der Waals surface area contributed by atoms with Gasteiger partial charge in [-0.1, -0.05) is 24.3 Å². The summed E-state index contributed by atoms with van der Waals surface area (Å²) >= 11 is 0. The van der Waals surface area contributed by atoms with Crippen molar-refractivity contribution in [2.24, 2.45) is 0 Å². The van der Waals surface area contributed by atoms with Crippen molar-refractivity contribution in [1.82, 2.24) is 4.98 Å². The third kappa shape index (κ3) is 2.19. The number of fused-ring (bicyclic) bond motifs is 1. The van der Waals surface area contributed by atoms with Gasteiger partial charge in [0.2, 0.25) is 0 Å². The van der Waals surface area contributed by atoms with Crippen LogP contribution in [0.3, 0.4) is 0 Å². The van der Waals surface area contributed by atoms with Crippen LogP contribution in [0.1, 0.15) is 28.5 Å². The lowest BCUT2D eigenvalue weighted by atomic mass is 10.1. The van der Waals surface area contributed by atoms with E-state index in [1.54, 1.807) is 6.92 Å².